The number of nitrogens with zero attached hydrogens (tertiary/aromatic N) is 3. The predicted molar refractivity (Wildman–Crippen MR) is 132 cm³/mol. The highest BCUT2D eigenvalue weighted by molar-refractivity contribution is 7.89. The van der Waals surface area contributed by atoms with Crippen LogP contribution >= 0.6 is 0 Å². The number of amides is 1. The molecule has 0 saturated carbocycles. The molecular weight excluding hydrogens is 452 g/mol. The molecule has 8 nitrogen and oxygen atoms in total. The highest BCUT2D eigenvalue weighted by Gasteiger charge is 2.32. The van der Waals surface area contributed by atoms with Gasteiger partial charge < -0.3 is 9.30 Å². The summed E-state index contributed by atoms with van der Waals surface area (Å²) in [5.74, 6) is 0.146. The molecule has 9 heteroatoms. The van der Waals surface area contributed by atoms with Crippen LogP contribution in [0.3, 0.4) is 0 Å². The van der Waals surface area contributed by atoms with Crippen molar-refractivity contribution in [3.8, 4) is 0 Å². The minimum Gasteiger partial charge on any atom is -0.382 e. The van der Waals surface area contributed by atoms with Gasteiger partial charge in [0.2, 0.25) is 21.9 Å². The van der Waals surface area contributed by atoms with Crippen molar-refractivity contribution in [2.45, 2.75) is 44.6 Å². The Balaban J connectivity index is 1.41. The molecule has 0 atom stereocenters. The van der Waals surface area contributed by atoms with E-state index in [-0.39, 0.29) is 11.8 Å². The van der Waals surface area contributed by atoms with E-state index in [0.29, 0.717) is 56.5 Å². The number of aryl methyl sites for hydroxylation is 2. The zero-order valence-corrected chi connectivity index (χ0v) is 20.6. The van der Waals surface area contributed by atoms with E-state index in [0.717, 1.165) is 23.0 Å². The van der Waals surface area contributed by atoms with E-state index in [2.05, 4.69) is 10.3 Å². The number of imidazole rings is 1. The van der Waals surface area contributed by atoms with Crippen LogP contribution in [0, 0.1) is 12.8 Å². The van der Waals surface area contributed by atoms with Crippen molar-refractivity contribution >= 4 is 32.9 Å². The second-order valence-electron chi connectivity index (χ2n) is 8.61. The van der Waals surface area contributed by atoms with Crippen LogP contribution in [0.5, 0.6) is 0 Å². The van der Waals surface area contributed by atoms with Gasteiger partial charge in [0.05, 0.1) is 15.9 Å². The summed E-state index contributed by atoms with van der Waals surface area (Å²) in [6.45, 7) is 6.53. The minimum absolute atomic E-state index is 0.117. The third-order valence-electron chi connectivity index (χ3n) is 6.25. The van der Waals surface area contributed by atoms with Gasteiger partial charge >= 0.3 is 0 Å². The zero-order valence-electron chi connectivity index (χ0n) is 19.7. The fraction of sp³-hybridized carbons (Fsp3) is 0.440. The highest BCUT2D eigenvalue weighted by Crippen LogP contribution is 2.26. The molecule has 0 unspecified atom stereocenters. The van der Waals surface area contributed by atoms with E-state index in [4.69, 9.17) is 4.74 Å². The fourth-order valence-corrected chi connectivity index (χ4v) is 5.77. The van der Waals surface area contributed by atoms with Crippen molar-refractivity contribution in [3.05, 3.63) is 54.1 Å². The molecule has 1 amide bonds. The maximum Gasteiger partial charge on any atom is 0.243 e. The number of fused-ring (bicyclic) bond motifs is 1. The lowest BCUT2D eigenvalue weighted by atomic mass is 9.97. The Morgan fingerprint density at radius 2 is 1.82 bits per heavy atom. The molecule has 182 valence electrons. The van der Waals surface area contributed by atoms with Crippen LogP contribution in [0.15, 0.2) is 53.4 Å². The van der Waals surface area contributed by atoms with E-state index in [1.807, 2.05) is 42.7 Å². The number of nitrogens with one attached hydrogen (secondary N) is 1. The molecule has 0 radical (unpaired) electrons. The molecule has 0 bridgehead atoms. The van der Waals surface area contributed by atoms with E-state index in [1.54, 1.807) is 24.3 Å². The summed E-state index contributed by atoms with van der Waals surface area (Å²) in [6.07, 6.45) is 1.76. The number of rotatable bonds is 9. The summed E-state index contributed by atoms with van der Waals surface area (Å²) in [4.78, 5) is 18.0. The third kappa shape index (κ3) is 5.32. The largest absolute Gasteiger partial charge is 0.382 e. The van der Waals surface area contributed by atoms with Crippen LogP contribution in [-0.4, -0.2) is 54.5 Å². The summed E-state index contributed by atoms with van der Waals surface area (Å²) in [5.41, 5.74) is 2.81. The number of carbonyl (C=O) groups excluding carboxylic acids is 1. The number of hydrogen-bond donors (Lipinski definition) is 1. The van der Waals surface area contributed by atoms with Crippen molar-refractivity contribution < 1.29 is 17.9 Å². The molecule has 2 aromatic carbocycles. The van der Waals surface area contributed by atoms with Crippen molar-refractivity contribution in [2.24, 2.45) is 5.92 Å². The van der Waals surface area contributed by atoms with Gasteiger partial charge in [-0.25, -0.2) is 13.4 Å². The van der Waals surface area contributed by atoms with Gasteiger partial charge in [0.15, 0.2) is 0 Å². The summed E-state index contributed by atoms with van der Waals surface area (Å²) < 4.78 is 34.9. The Labute approximate surface area is 201 Å². The van der Waals surface area contributed by atoms with Crippen LogP contribution in [0.1, 0.15) is 31.7 Å². The molecule has 1 aliphatic heterocycles. The number of carbonyl (C=O) groups is 1. The lowest BCUT2D eigenvalue weighted by molar-refractivity contribution is -0.121. The van der Waals surface area contributed by atoms with Crippen molar-refractivity contribution in [1.82, 2.24) is 13.9 Å². The first-order valence-electron chi connectivity index (χ1n) is 11.8. The number of aromatic nitrogens is 2. The Hall–Kier alpha value is -2.75. The van der Waals surface area contributed by atoms with Crippen molar-refractivity contribution in [2.75, 3.05) is 31.6 Å². The van der Waals surface area contributed by atoms with Gasteiger partial charge in [0, 0.05) is 38.8 Å². The molecule has 4 rings (SSSR count). The Kier molecular flexibility index (Phi) is 7.65. The van der Waals surface area contributed by atoms with Crippen molar-refractivity contribution in [1.29, 1.82) is 0 Å². The second-order valence-corrected chi connectivity index (χ2v) is 10.5. The Morgan fingerprint density at radius 3 is 2.53 bits per heavy atom. The highest BCUT2D eigenvalue weighted by atomic mass is 32.2. The Morgan fingerprint density at radius 1 is 1.12 bits per heavy atom. The molecule has 1 aliphatic rings. The lowest BCUT2D eigenvalue weighted by Gasteiger charge is -2.30. The SMILES string of the molecule is CCOCCCn1c(NC(=O)C2CCN(S(=O)(=O)c3ccc(C)cc3)CC2)nc2ccccc21. The number of sulfonamides is 1. The molecule has 0 spiro atoms. The molecule has 1 N–H and O–H groups in total. The standard InChI is InChI=1S/C25H32N4O4S/c1-3-33-18-6-15-29-23-8-5-4-7-22(23)26-25(29)27-24(30)20-13-16-28(17-14-20)34(31,32)21-11-9-19(2)10-12-21/h4-5,7-12,20H,3,6,13-18H2,1-2H3,(H,26,27,30). The first-order chi connectivity index (χ1) is 16.4. The average molecular weight is 485 g/mol. The predicted octanol–water partition coefficient (Wildman–Crippen LogP) is 3.81. The third-order valence-corrected chi connectivity index (χ3v) is 8.16. The summed E-state index contributed by atoms with van der Waals surface area (Å²) in [7, 11) is -3.55. The number of anilines is 1. The normalized spacial score (nSPS) is 15.6. The number of para-hydroxylation sites is 2. The van der Waals surface area contributed by atoms with Crippen LogP contribution in [0.4, 0.5) is 5.95 Å². The molecule has 3 aromatic rings. The summed E-state index contributed by atoms with van der Waals surface area (Å²) in [6, 6.07) is 14.7. The smallest absolute Gasteiger partial charge is 0.243 e. The number of piperidine rings is 1. The molecule has 2 heterocycles. The first kappa shape index (κ1) is 24.4. The maximum atomic E-state index is 13.1. The van der Waals surface area contributed by atoms with E-state index in [9.17, 15) is 13.2 Å². The van der Waals surface area contributed by atoms with Crippen molar-refractivity contribution in [3.63, 3.8) is 0 Å². The molecule has 0 aliphatic carbocycles. The fourth-order valence-electron chi connectivity index (χ4n) is 4.30. The minimum atomic E-state index is -3.55. The van der Waals surface area contributed by atoms with Gasteiger partial charge in [0.25, 0.3) is 0 Å². The molecule has 34 heavy (non-hydrogen) atoms. The van der Waals surface area contributed by atoms with E-state index >= 15 is 0 Å². The zero-order chi connectivity index (χ0) is 24.1. The monoisotopic (exact) mass is 484 g/mol. The van der Waals surface area contributed by atoms with E-state index in [1.165, 1.54) is 4.31 Å². The van der Waals surface area contributed by atoms with Crippen LogP contribution in [0.2, 0.25) is 0 Å². The van der Waals surface area contributed by atoms with Gasteiger partial charge in [-0.3, -0.25) is 10.1 Å². The molecule has 1 saturated heterocycles. The van der Waals surface area contributed by atoms with Gasteiger partial charge in [-0.2, -0.15) is 4.31 Å². The summed E-state index contributed by atoms with van der Waals surface area (Å²) >= 11 is 0. The second kappa shape index (κ2) is 10.7. The summed E-state index contributed by atoms with van der Waals surface area (Å²) in [5, 5.41) is 3.01. The molecule has 1 fully saturated rings. The van der Waals surface area contributed by atoms with Gasteiger partial charge in [-0.05, 0) is 57.4 Å². The number of ether oxygens (including phenoxy) is 1. The number of benzene rings is 2. The number of hydrogen-bond acceptors (Lipinski definition) is 5. The first-order valence-corrected chi connectivity index (χ1v) is 13.2. The molecular formula is C25H32N4O4S. The maximum absolute atomic E-state index is 13.1. The quantitative estimate of drug-likeness (QED) is 0.466. The van der Waals surface area contributed by atoms with Crippen LogP contribution in [0.25, 0.3) is 11.0 Å². The van der Waals surface area contributed by atoms with Gasteiger partial charge in [-0.1, -0.05) is 29.8 Å². The Bertz CT molecular complexity index is 1230. The molecule has 1 aromatic heterocycles. The van der Waals surface area contributed by atoms with Gasteiger partial charge in [-0.15, -0.1) is 0 Å². The lowest BCUT2D eigenvalue weighted by Crippen LogP contribution is -2.41. The van der Waals surface area contributed by atoms with Crippen LogP contribution < -0.4 is 5.32 Å². The average Bonchev–Trinajstić information content (AvgIpc) is 3.19. The van der Waals surface area contributed by atoms with Gasteiger partial charge in [0.1, 0.15) is 0 Å². The van der Waals surface area contributed by atoms with Crippen LogP contribution in [-0.2, 0) is 26.1 Å². The topological polar surface area (TPSA) is 93.5 Å². The van der Waals surface area contributed by atoms with E-state index < -0.39 is 10.0 Å².